The van der Waals surface area contributed by atoms with E-state index >= 15 is 0 Å². The van der Waals surface area contributed by atoms with Crippen LogP contribution in [0.2, 0.25) is 0 Å². The molecule has 29 heavy (non-hydrogen) atoms. The topological polar surface area (TPSA) is 88.1 Å². The maximum absolute atomic E-state index is 13.1. The normalized spacial score (nSPS) is 22.0. The van der Waals surface area contributed by atoms with Gasteiger partial charge in [0.1, 0.15) is 17.7 Å². The Morgan fingerprint density at radius 2 is 1.93 bits per heavy atom. The van der Waals surface area contributed by atoms with Gasteiger partial charge in [-0.3, -0.25) is 14.7 Å². The summed E-state index contributed by atoms with van der Waals surface area (Å²) in [5.41, 5.74) is -0.581. The summed E-state index contributed by atoms with van der Waals surface area (Å²) in [7, 11) is 3.78. The van der Waals surface area contributed by atoms with Crippen molar-refractivity contribution in [2.24, 2.45) is 0 Å². The largest absolute Gasteiger partial charge is 0.471 e. The Hall–Kier alpha value is -2.58. The van der Waals surface area contributed by atoms with Gasteiger partial charge in [0.2, 0.25) is 11.8 Å². The molecule has 0 saturated carbocycles. The molecule has 3 rings (SSSR count). The summed E-state index contributed by atoms with van der Waals surface area (Å²) in [5, 5.41) is 0. The van der Waals surface area contributed by atoms with E-state index in [4.69, 9.17) is 9.47 Å². The molecule has 3 heterocycles. The smallest absolute Gasteiger partial charge is 0.410 e. The Morgan fingerprint density at radius 3 is 2.62 bits per heavy atom. The minimum atomic E-state index is -0.581. The molecule has 0 N–H and O–H groups in total. The van der Waals surface area contributed by atoms with Crippen LogP contribution in [0.1, 0.15) is 40.0 Å². The van der Waals surface area contributed by atoms with Crippen molar-refractivity contribution in [2.75, 3.05) is 38.6 Å². The molecule has 160 valence electrons. The number of ether oxygens (including phenoxy) is 2. The first-order valence-electron chi connectivity index (χ1n) is 10.1. The third kappa shape index (κ3) is 5.27. The minimum Gasteiger partial charge on any atom is -0.471 e. The molecule has 0 aromatic carbocycles. The van der Waals surface area contributed by atoms with Crippen LogP contribution in [0.5, 0.6) is 5.88 Å². The summed E-state index contributed by atoms with van der Waals surface area (Å²) in [6.07, 6.45) is 4.88. The number of hydrogen-bond donors (Lipinski definition) is 0. The molecule has 2 aliphatic rings. The minimum absolute atomic E-state index is 0.0346. The van der Waals surface area contributed by atoms with Crippen LogP contribution in [0.4, 0.5) is 10.6 Å². The summed E-state index contributed by atoms with van der Waals surface area (Å²) in [5.74, 6) is 1.13. The van der Waals surface area contributed by atoms with Crippen LogP contribution >= 0.6 is 0 Å². The summed E-state index contributed by atoms with van der Waals surface area (Å²) in [4.78, 5) is 39.3. The summed E-state index contributed by atoms with van der Waals surface area (Å²) < 4.78 is 11.4. The fourth-order valence-electron chi connectivity index (χ4n) is 3.58. The first-order valence-corrected chi connectivity index (χ1v) is 10.1. The zero-order chi connectivity index (χ0) is 21.2. The molecule has 0 radical (unpaired) electrons. The van der Waals surface area contributed by atoms with Crippen LogP contribution in [-0.4, -0.2) is 83.2 Å². The molecule has 2 amide bonds. The Balaban J connectivity index is 1.58. The fourth-order valence-corrected chi connectivity index (χ4v) is 3.58. The number of nitrogens with zero attached hydrogens (tertiary/aromatic N) is 5. The highest BCUT2D eigenvalue weighted by molar-refractivity contribution is 5.86. The Kier molecular flexibility index (Phi) is 6.14. The van der Waals surface area contributed by atoms with E-state index in [0.29, 0.717) is 37.8 Å². The second-order valence-electron chi connectivity index (χ2n) is 8.75. The van der Waals surface area contributed by atoms with E-state index in [1.165, 1.54) is 0 Å². The van der Waals surface area contributed by atoms with Gasteiger partial charge in [0.05, 0.1) is 18.9 Å². The maximum Gasteiger partial charge on any atom is 0.410 e. The molecule has 9 nitrogen and oxygen atoms in total. The predicted octanol–water partition coefficient (Wildman–Crippen LogP) is 1.92. The van der Waals surface area contributed by atoms with Gasteiger partial charge < -0.3 is 19.3 Å². The van der Waals surface area contributed by atoms with E-state index in [0.717, 1.165) is 12.8 Å². The Morgan fingerprint density at radius 1 is 1.17 bits per heavy atom. The van der Waals surface area contributed by atoms with Crippen LogP contribution in [0.25, 0.3) is 0 Å². The molecule has 1 aromatic heterocycles. The zero-order valence-electron chi connectivity index (χ0n) is 17.9. The van der Waals surface area contributed by atoms with E-state index in [-0.39, 0.29) is 12.0 Å². The predicted molar refractivity (Wildman–Crippen MR) is 108 cm³/mol. The maximum atomic E-state index is 13.1. The lowest BCUT2D eigenvalue weighted by Gasteiger charge is -2.30. The summed E-state index contributed by atoms with van der Waals surface area (Å²) in [6.45, 7) is 7.11. The van der Waals surface area contributed by atoms with Gasteiger partial charge in [-0.05, 0) is 33.6 Å². The van der Waals surface area contributed by atoms with Gasteiger partial charge in [0.25, 0.3) is 0 Å². The van der Waals surface area contributed by atoms with Crippen molar-refractivity contribution < 1.29 is 19.1 Å². The van der Waals surface area contributed by atoms with Crippen molar-refractivity contribution >= 4 is 17.8 Å². The van der Waals surface area contributed by atoms with Crippen LogP contribution in [0.3, 0.4) is 0 Å². The van der Waals surface area contributed by atoms with Gasteiger partial charge in [-0.1, -0.05) is 0 Å². The zero-order valence-corrected chi connectivity index (χ0v) is 17.9. The lowest BCUT2D eigenvalue weighted by molar-refractivity contribution is -0.135. The molecule has 0 spiro atoms. The molecular weight excluding hydrogens is 374 g/mol. The van der Waals surface area contributed by atoms with Gasteiger partial charge >= 0.3 is 6.09 Å². The number of likely N-dealkylation sites (tertiary alicyclic amines) is 2. The van der Waals surface area contributed by atoms with Crippen LogP contribution < -0.4 is 9.64 Å². The van der Waals surface area contributed by atoms with Crippen molar-refractivity contribution in [1.82, 2.24) is 19.8 Å². The van der Waals surface area contributed by atoms with Gasteiger partial charge in [-0.2, -0.15) is 4.98 Å². The number of carbonyl (C=O) groups excluding carboxylic acids is 2. The molecule has 9 heteroatoms. The van der Waals surface area contributed by atoms with Crippen molar-refractivity contribution in [1.29, 1.82) is 0 Å². The van der Waals surface area contributed by atoms with E-state index in [1.807, 2.05) is 39.8 Å². The molecule has 2 aliphatic heterocycles. The van der Waals surface area contributed by atoms with E-state index < -0.39 is 17.7 Å². The average molecular weight is 405 g/mol. The fraction of sp³-hybridized carbons (Fsp3) is 0.700. The van der Waals surface area contributed by atoms with Gasteiger partial charge in [0, 0.05) is 33.6 Å². The third-order valence-corrected chi connectivity index (χ3v) is 4.97. The monoisotopic (exact) mass is 405 g/mol. The highest BCUT2D eigenvalue weighted by atomic mass is 16.6. The number of aromatic nitrogens is 2. The van der Waals surface area contributed by atoms with Crippen molar-refractivity contribution in [2.45, 2.75) is 57.8 Å². The summed E-state index contributed by atoms with van der Waals surface area (Å²) >= 11 is 0. The number of anilines is 1. The standard InChI is InChI=1S/C20H31N5O4/c1-20(2,3)29-19(27)25-9-6-7-15(25)18(26)24-10-8-14(13-24)28-17-12-21-11-16(22-17)23(4)5/h11-12,14-15H,6-10,13H2,1-5H3. The molecule has 1 aromatic rings. The lowest BCUT2D eigenvalue weighted by atomic mass is 10.2. The summed E-state index contributed by atoms with van der Waals surface area (Å²) in [6, 6.07) is -0.458. The second kappa shape index (κ2) is 8.42. The molecule has 0 bridgehead atoms. The van der Waals surface area contributed by atoms with E-state index in [1.54, 1.807) is 22.2 Å². The Bertz CT molecular complexity index is 749. The van der Waals surface area contributed by atoms with Crippen LogP contribution in [0.15, 0.2) is 12.4 Å². The number of amides is 2. The molecular formula is C20H31N5O4. The van der Waals surface area contributed by atoms with Crippen molar-refractivity contribution in [3.05, 3.63) is 12.4 Å². The highest BCUT2D eigenvalue weighted by Crippen LogP contribution is 2.25. The second-order valence-corrected chi connectivity index (χ2v) is 8.75. The van der Waals surface area contributed by atoms with Crippen molar-refractivity contribution in [3.8, 4) is 5.88 Å². The molecule has 2 atom stereocenters. The molecule has 2 saturated heterocycles. The quantitative estimate of drug-likeness (QED) is 0.756. The van der Waals surface area contributed by atoms with Crippen LogP contribution in [0, 0.1) is 0 Å². The lowest BCUT2D eigenvalue weighted by Crippen LogP contribution is -2.48. The first-order chi connectivity index (χ1) is 13.6. The van der Waals surface area contributed by atoms with Crippen LogP contribution in [-0.2, 0) is 9.53 Å². The number of rotatable bonds is 4. The first kappa shape index (κ1) is 21.1. The molecule has 0 aliphatic carbocycles. The van der Waals surface area contributed by atoms with Gasteiger partial charge in [0.15, 0.2) is 5.82 Å². The number of carbonyl (C=O) groups is 2. The number of hydrogen-bond acceptors (Lipinski definition) is 7. The van der Waals surface area contributed by atoms with Crippen molar-refractivity contribution in [3.63, 3.8) is 0 Å². The molecule has 2 unspecified atom stereocenters. The van der Waals surface area contributed by atoms with E-state index in [2.05, 4.69) is 9.97 Å². The van der Waals surface area contributed by atoms with Gasteiger partial charge in [-0.25, -0.2) is 4.79 Å². The van der Waals surface area contributed by atoms with Gasteiger partial charge in [-0.15, -0.1) is 0 Å². The molecule has 2 fully saturated rings. The third-order valence-electron chi connectivity index (χ3n) is 4.97. The van der Waals surface area contributed by atoms with E-state index in [9.17, 15) is 9.59 Å². The average Bonchev–Trinajstić information content (AvgIpc) is 3.29. The highest BCUT2D eigenvalue weighted by Gasteiger charge is 2.40. The Labute approximate surface area is 172 Å². The SMILES string of the molecule is CN(C)c1cncc(OC2CCN(C(=O)C3CCCN3C(=O)OC(C)(C)C)C2)n1.